The van der Waals surface area contributed by atoms with Crippen LogP contribution in [0.5, 0.6) is 5.75 Å². The highest BCUT2D eigenvalue weighted by atomic mass is 19.1. The van der Waals surface area contributed by atoms with Crippen LogP contribution in [0.25, 0.3) is 0 Å². The van der Waals surface area contributed by atoms with Crippen molar-refractivity contribution >= 4 is 11.4 Å². The van der Waals surface area contributed by atoms with Crippen LogP contribution in [0.3, 0.4) is 0 Å². The molecule has 0 fully saturated rings. The SMILES string of the molecule is COc1ccc(N(C)c2ccc(F)cc2[C@@H](C)O)cc1. The molecular weight excluding hydrogens is 257 g/mol. The molecule has 0 aromatic heterocycles. The highest BCUT2D eigenvalue weighted by Crippen LogP contribution is 2.32. The Labute approximate surface area is 118 Å². The average molecular weight is 275 g/mol. The average Bonchev–Trinajstić information content (AvgIpc) is 2.46. The molecule has 0 aliphatic heterocycles. The van der Waals surface area contributed by atoms with Gasteiger partial charge in [0.1, 0.15) is 11.6 Å². The van der Waals surface area contributed by atoms with Crippen molar-refractivity contribution in [1.82, 2.24) is 0 Å². The second-order valence-electron chi connectivity index (χ2n) is 4.64. The number of benzene rings is 2. The summed E-state index contributed by atoms with van der Waals surface area (Å²) in [6, 6.07) is 12.0. The summed E-state index contributed by atoms with van der Waals surface area (Å²) in [5.41, 5.74) is 2.26. The number of hydrogen-bond donors (Lipinski definition) is 1. The molecule has 0 amide bonds. The van der Waals surface area contributed by atoms with Crippen molar-refractivity contribution in [1.29, 1.82) is 0 Å². The topological polar surface area (TPSA) is 32.7 Å². The molecule has 0 heterocycles. The molecule has 2 aromatic rings. The zero-order valence-electron chi connectivity index (χ0n) is 11.8. The molecule has 2 rings (SSSR count). The molecule has 0 unspecified atom stereocenters. The van der Waals surface area contributed by atoms with Crippen LogP contribution in [0.2, 0.25) is 0 Å². The Bertz CT molecular complexity index is 582. The van der Waals surface area contributed by atoms with Gasteiger partial charge in [0.05, 0.1) is 13.2 Å². The minimum absolute atomic E-state index is 0.354. The van der Waals surface area contributed by atoms with Crippen molar-refractivity contribution in [3.63, 3.8) is 0 Å². The van der Waals surface area contributed by atoms with Crippen molar-refractivity contribution in [3.8, 4) is 5.75 Å². The van der Waals surface area contributed by atoms with Crippen LogP contribution in [-0.2, 0) is 0 Å². The van der Waals surface area contributed by atoms with Gasteiger partial charge in [0.2, 0.25) is 0 Å². The zero-order chi connectivity index (χ0) is 14.7. The second kappa shape index (κ2) is 5.92. The summed E-state index contributed by atoms with van der Waals surface area (Å²) in [7, 11) is 3.49. The minimum atomic E-state index is -0.735. The lowest BCUT2D eigenvalue weighted by Crippen LogP contribution is -2.13. The van der Waals surface area contributed by atoms with E-state index in [0.717, 1.165) is 17.1 Å². The van der Waals surface area contributed by atoms with E-state index >= 15 is 0 Å². The Morgan fingerprint density at radius 1 is 1.15 bits per heavy atom. The molecular formula is C16H18FNO2. The first-order chi connectivity index (χ1) is 9.52. The van der Waals surface area contributed by atoms with Crippen LogP contribution in [-0.4, -0.2) is 19.3 Å². The summed E-state index contributed by atoms with van der Waals surface area (Å²) in [5.74, 6) is 0.421. The fourth-order valence-corrected chi connectivity index (χ4v) is 2.11. The first-order valence-electron chi connectivity index (χ1n) is 6.38. The van der Waals surface area contributed by atoms with Crippen LogP contribution in [0.1, 0.15) is 18.6 Å². The second-order valence-corrected chi connectivity index (χ2v) is 4.64. The number of anilines is 2. The fourth-order valence-electron chi connectivity index (χ4n) is 2.11. The fraction of sp³-hybridized carbons (Fsp3) is 0.250. The van der Waals surface area contributed by atoms with E-state index in [1.54, 1.807) is 20.1 Å². The van der Waals surface area contributed by atoms with E-state index in [4.69, 9.17) is 4.74 Å². The number of ether oxygens (including phenoxy) is 1. The molecule has 0 radical (unpaired) electrons. The molecule has 0 spiro atoms. The van der Waals surface area contributed by atoms with E-state index in [2.05, 4.69) is 0 Å². The molecule has 0 saturated heterocycles. The van der Waals surface area contributed by atoms with Crippen molar-refractivity contribution < 1.29 is 14.2 Å². The van der Waals surface area contributed by atoms with Crippen molar-refractivity contribution in [3.05, 3.63) is 53.8 Å². The number of rotatable bonds is 4. The number of aliphatic hydroxyl groups is 1. The van der Waals surface area contributed by atoms with Gasteiger partial charge >= 0.3 is 0 Å². The lowest BCUT2D eigenvalue weighted by molar-refractivity contribution is 0.199. The van der Waals surface area contributed by atoms with Gasteiger partial charge in [-0.3, -0.25) is 0 Å². The van der Waals surface area contributed by atoms with Gasteiger partial charge in [-0.05, 0) is 49.4 Å². The largest absolute Gasteiger partial charge is 0.497 e. The normalized spacial score (nSPS) is 12.1. The Balaban J connectivity index is 2.39. The van der Waals surface area contributed by atoms with Crippen molar-refractivity contribution in [2.45, 2.75) is 13.0 Å². The van der Waals surface area contributed by atoms with Gasteiger partial charge in [0, 0.05) is 24.0 Å². The van der Waals surface area contributed by atoms with E-state index in [-0.39, 0.29) is 5.82 Å². The van der Waals surface area contributed by atoms with Gasteiger partial charge in [-0.1, -0.05) is 0 Å². The Morgan fingerprint density at radius 3 is 2.35 bits per heavy atom. The molecule has 106 valence electrons. The number of hydrogen-bond acceptors (Lipinski definition) is 3. The van der Waals surface area contributed by atoms with Gasteiger partial charge in [-0.15, -0.1) is 0 Å². The first kappa shape index (κ1) is 14.3. The van der Waals surface area contributed by atoms with E-state index in [1.165, 1.54) is 12.1 Å². The van der Waals surface area contributed by atoms with Crippen LogP contribution in [0, 0.1) is 5.82 Å². The standard InChI is InChI=1S/C16H18FNO2/c1-11(19)15-10-12(17)4-9-16(15)18(2)13-5-7-14(20-3)8-6-13/h4-11,19H,1-3H3/t11-/m1/s1. The maximum absolute atomic E-state index is 13.3. The molecule has 0 aliphatic carbocycles. The predicted molar refractivity (Wildman–Crippen MR) is 78.1 cm³/mol. The highest BCUT2D eigenvalue weighted by molar-refractivity contribution is 5.66. The molecule has 2 aromatic carbocycles. The first-order valence-corrected chi connectivity index (χ1v) is 6.38. The highest BCUT2D eigenvalue weighted by Gasteiger charge is 2.14. The Kier molecular flexibility index (Phi) is 4.25. The quantitative estimate of drug-likeness (QED) is 0.924. The molecule has 4 heteroatoms. The summed E-state index contributed by atoms with van der Waals surface area (Å²) < 4.78 is 18.5. The van der Waals surface area contributed by atoms with Gasteiger partial charge in [0.25, 0.3) is 0 Å². The van der Waals surface area contributed by atoms with Crippen LogP contribution < -0.4 is 9.64 Å². The van der Waals surface area contributed by atoms with Crippen molar-refractivity contribution in [2.24, 2.45) is 0 Å². The van der Waals surface area contributed by atoms with E-state index < -0.39 is 6.10 Å². The van der Waals surface area contributed by atoms with Crippen molar-refractivity contribution in [2.75, 3.05) is 19.1 Å². The van der Waals surface area contributed by atoms with Gasteiger partial charge < -0.3 is 14.7 Å². The monoisotopic (exact) mass is 275 g/mol. The number of halogens is 1. The maximum Gasteiger partial charge on any atom is 0.123 e. The Morgan fingerprint density at radius 2 is 1.80 bits per heavy atom. The van der Waals surface area contributed by atoms with Gasteiger partial charge in [0.15, 0.2) is 0 Å². The summed E-state index contributed by atoms with van der Waals surface area (Å²) in [5, 5.41) is 9.79. The third kappa shape index (κ3) is 2.91. The van der Waals surface area contributed by atoms with E-state index in [9.17, 15) is 9.50 Å². The predicted octanol–water partition coefficient (Wildman–Crippen LogP) is 3.66. The van der Waals surface area contributed by atoms with Gasteiger partial charge in [-0.2, -0.15) is 0 Å². The maximum atomic E-state index is 13.3. The molecule has 3 nitrogen and oxygen atoms in total. The molecule has 0 saturated carbocycles. The lowest BCUT2D eigenvalue weighted by atomic mass is 10.1. The molecule has 1 atom stereocenters. The van der Waals surface area contributed by atoms with E-state index in [0.29, 0.717) is 5.56 Å². The molecule has 0 aliphatic rings. The summed E-state index contributed by atoms with van der Waals surface area (Å²) >= 11 is 0. The number of methoxy groups -OCH3 is 1. The van der Waals surface area contributed by atoms with E-state index in [1.807, 2.05) is 36.2 Å². The summed E-state index contributed by atoms with van der Waals surface area (Å²) in [6.45, 7) is 1.63. The lowest BCUT2D eigenvalue weighted by Gasteiger charge is -2.24. The smallest absolute Gasteiger partial charge is 0.123 e. The molecule has 20 heavy (non-hydrogen) atoms. The number of nitrogens with zero attached hydrogens (tertiary/aromatic N) is 1. The summed E-state index contributed by atoms with van der Waals surface area (Å²) in [6.07, 6.45) is -0.735. The van der Waals surface area contributed by atoms with Crippen LogP contribution >= 0.6 is 0 Å². The molecule has 0 bridgehead atoms. The van der Waals surface area contributed by atoms with Crippen LogP contribution in [0.4, 0.5) is 15.8 Å². The number of aliphatic hydroxyl groups excluding tert-OH is 1. The third-order valence-electron chi connectivity index (χ3n) is 3.26. The van der Waals surface area contributed by atoms with Crippen LogP contribution in [0.15, 0.2) is 42.5 Å². The van der Waals surface area contributed by atoms with Gasteiger partial charge in [-0.25, -0.2) is 4.39 Å². The zero-order valence-corrected chi connectivity index (χ0v) is 11.8. The minimum Gasteiger partial charge on any atom is -0.497 e. The molecule has 1 N–H and O–H groups in total. The third-order valence-corrected chi connectivity index (χ3v) is 3.26. The Hall–Kier alpha value is -2.07. The summed E-state index contributed by atoms with van der Waals surface area (Å²) in [4.78, 5) is 1.90.